The van der Waals surface area contributed by atoms with E-state index in [0.29, 0.717) is 5.92 Å². The zero-order valence-electron chi connectivity index (χ0n) is 10.1. The van der Waals surface area contributed by atoms with Crippen LogP contribution in [0.4, 0.5) is 5.69 Å². The summed E-state index contributed by atoms with van der Waals surface area (Å²) in [5.74, 6) is 1.46. The molecule has 1 aromatic rings. The molecule has 0 aromatic heterocycles. The first-order valence-corrected chi connectivity index (χ1v) is 6.61. The van der Waals surface area contributed by atoms with Crippen molar-refractivity contribution >= 4 is 17.3 Å². The van der Waals surface area contributed by atoms with Gasteiger partial charge in [0.05, 0.1) is 0 Å². The third-order valence-electron chi connectivity index (χ3n) is 3.46. The highest BCUT2D eigenvalue weighted by Crippen LogP contribution is 2.37. The predicted octanol–water partition coefficient (Wildman–Crippen LogP) is 4.68. The largest absolute Gasteiger partial charge is 0.384 e. The Hall–Kier alpha value is -0.690. The van der Waals surface area contributed by atoms with Gasteiger partial charge in [-0.05, 0) is 36.1 Å². The van der Waals surface area contributed by atoms with E-state index in [1.807, 2.05) is 6.07 Å². The van der Waals surface area contributed by atoms with Gasteiger partial charge in [0.15, 0.2) is 0 Å². The molecule has 2 unspecified atom stereocenters. The van der Waals surface area contributed by atoms with Crippen LogP contribution in [0.5, 0.6) is 0 Å². The molecular weight excluding hydrogens is 218 g/mol. The van der Waals surface area contributed by atoms with Gasteiger partial charge in [0.1, 0.15) is 0 Å². The fraction of sp³-hybridized carbons (Fsp3) is 0.571. The summed E-state index contributed by atoms with van der Waals surface area (Å²) < 4.78 is 0. The molecule has 1 aliphatic heterocycles. The maximum absolute atomic E-state index is 6.06. The smallest absolute Gasteiger partial charge is 0.0410 e. The molecule has 16 heavy (non-hydrogen) atoms. The number of anilines is 1. The molecule has 0 amide bonds. The minimum atomic E-state index is 0.648. The Bertz CT molecular complexity index is 362. The van der Waals surface area contributed by atoms with Crippen molar-refractivity contribution in [1.82, 2.24) is 0 Å². The van der Waals surface area contributed by atoms with Gasteiger partial charge in [-0.25, -0.2) is 0 Å². The standard InChI is InChI=1S/C14H20ClN/c1-3-4-10(2)7-11-9-16-14-6-5-12(15)8-13(11)14/h5-6,8,10-11,16H,3-4,7,9H2,1-2H3. The Morgan fingerprint density at radius 2 is 2.31 bits per heavy atom. The molecule has 2 atom stereocenters. The highest BCUT2D eigenvalue weighted by molar-refractivity contribution is 6.30. The normalized spacial score (nSPS) is 20.3. The zero-order chi connectivity index (χ0) is 11.5. The van der Waals surface area contributed by atoms with Gasteiger partial charge in [-0.3, -0.25) is 0 Å². The van der Waals surface area contributed by atoms with Gasteiger partial charge in [0, 0.05) is 23.2 Å². The summed E-state index contributed by atoms with van der Waals surface area (Å²) in [6, 6.07) is 6.19. The van der Waals surface area contributed by atoms with Crippen molar-refractivity contribution in [3.63, 3.8) is 0 Å². The van der Waals surface area contributed by atoms with Crippen LogP contribution in [0.3, 0.4) is 0 Å². The topological polar surface area (TPSA) is 12.0 Å². The predicted molar refractivity (Wildman–Crippen MR) is 71.4 cm³/mol. The summed E-state index contributed by atoms with van der Waals surface area (Å²) >= 11 is 6.06. The third kappa shape index (κ3) is 2.52. The molecule has 0 spiro atoms. The van der Waals surface area contributed by atoms with Crippen LogP contribution in [-0.2, 0) is 0 Å². The summed E-state index contributed by atoms with van der Waals surface area (Å²) in [5, 5.41) is 4.32. The van der Waals surface area contributed by atoms with Crippen molar-refractivity contribution < 1.29 is 0 Å². The molecule has 2 heteroatoms. The number of benzene rings is 1. The van der Waals surface area contributed by atoms with Crippen LogP contribution < -0.4 is 5.32 Å². The minimum absolute atomic E-state index is 0.648. The average Bonchev–Trinajstić information content (AvgIpc) is 2.61. The summed E-state index contributed by atoms with van der Waals surface area (Å²) in [4.78, 5) is 0. The Balaban J connectivity index is 2.08. The van der Waals surface area contributed by atoms with Gasteiger partial charge in [-0.15, -0.1) is 0 Å². The van der Waals surface area contributed by atoms with E-state index in [4.69, 9.17) is 11.6 Å². The molecule has 2 rings (SSSR count). The molecular formula is C14H20ClN. The highest BCUT2D eigenvalue weighted by Gasteiger charge is 2.23. The second kappa shape index (κ2) is 5.09. The van der Waals surface area contributed by atoms with Crippen molar-refractivity contribution in [3.05, 3.63) is 28.8 Å². The van der Waals surface area contributed by atoms with Crippen LogP contribution in [0.1, 0.15) is 44.6 Å². The van der Waals surface area contributed by atoms with E-state index >= 15 is 0 Å². The van der Waals surface area contributed by atoms with Crippen LogP contribution >= 0.6 is 11.6 Å². The molecule has 1 aromatic carbocycles. The molecule has 1 N–H and O–H groups in total. The van der Waals surface area contributed by atoms with Gasteiger partial charge < -0.3 is 5.32 Å². The van der Waals surface area contributed by atoms with Crippen molar-refractivity contribution in [3.8, 4) is 0 Å². The van der Waals surface area contributed by atoms with E-state index in [1.165, 1.54) is 30.5 Å². The first-order valence-electron chi connectivity index (χ1n) is 6.24. The molecule has 1 heterocycles. The van der Waals surface area contributed by atoms with Gasteiger partial charge in [0.2, 0.25) is 0 Å². The lowest BCUT2D eigenvalue weighted by Gasteiger charge is -2.16. The zero-order valence-corrected chi connectivity index (χ0v) is 10.8. The Morgan fingerprint density at radius 3 is 3.06 bits per heavy atom. The van der Waals surface area contributed by atoms with E-state index in [-0.39, 0.29) is 0 Å². The minimum Gasteiger partial charge on any atom is -0.384 e. The van der Waals surface area contributed by atoms with Gasteiger partial charge in [-0.1, -0.05) is 38.3 Å². The number of nitrogens with one attached hydrogen (secondary N) is 1. The molecule has 0 bridgehead atoms. The lowest BCUT2D eigenvalue weighted by molar-refractivity contribution is 0.448. The van der Waals surface area contributed by atoms with Crippen LogP contribution in [0.2, 0.25) is 5.02 Å². The van der Waals surface area contributed by atoms with E-state index in [1.54, 1.807) is 0 Å². The monoisotopic (exact) mass is 237 g/mol. The number of hydrogen-bond donors (Lipinski definition) is 1. The summed E-state index contributed by atoms with van der Waals surface area (Å²) in [6.45, 7) is 5.68. The van der Waals surface area contributed by atoms with Gasteiger partial charge in [-0.2, -0.15) is 0 Å². The van der Waals surface area contributed by atoms with Crippen molar-refractivity contribution in [2.75, 3.05) is 11.9 Å². The van der Waals surface area contributed by atoms with Gasteiger partial charge >= 0.3 is 0 Å². The Morgan fingerprint density at radius 1 is 1.50 bits per heavy atom. The maximum atomic E-state index is 6.06. The first-order chi connectivity index (χ1) is 7.70. The van der Waals surface area contributed by atoms with Crippen molar-refractivity contribution in [2.24, 2.45) is 5.92 Å². The number of rotatable bonds is 4. The van der Waals surface area contributed by atoms with Crippen molar-refractivity contribution in [2.45, 2.75) is 39.0 Å². The maximum Gasteiger partial charge on any atom is 0.0410 e. The summed E-state index contributed by atoms with van der Waals surface area (Å²) in [7, 11) is 0. The van der Waals surface area contributed by atoms with E-state index in [2.05, 4.69) is 31.3 Å². The highest BCUT2D eigenvalue weighted by atomic mass is 35.5. The summed E-state index contributed by atoms with van der Waals surface area (Å²) in [5.41, 5.74) is 2.69. The lowest BCUT2D eigenvalue weighted by Crippen LogP contribution is -2.07. The van der Waals surface area contributed by atoms with Gasteiger partial charge in [0.25, 0.3) is 0 Å². The molecule has 88 valence electrons. The quantitative estimate of drug-likeness (QED) is 0.802. The first kappa shape index (κ1) is 11.8. The molecule has 0 radical (unpaired) electrons. The molecule has 0 saturated heterocycles. The van der Waals surface area contributed by atoms with Crippen LogP contribution in [0.15, 0.2) is 18.2 Å². The van der Waals surface area contributed by atoms with Crippen LogP contribution in [0.25, 0.3) is 0 Å². The molecule has 1 nitrogen and oxygen atoms in total. The second-order valence-electron chi connectivity index (χ2n) is 4.94. The van der Waals surface area contributed by atoms with Crippen LogP contribution in [-0.4, -0.2) is 6.54 Å². The molecule has 0 aliphatic carbocycles. The Labute approximate surface area is 103 Å². The van der Waals surface area contributed by atoms with E-state index < -0.39 is 0 Å². The van der Waals surface area contributed by atoms with E-state index in [0.717, 1.165) is 17.5 Å². The second-order valence-corrected chi connectivity index (χ2v) is 5.38. The Kier molecular flexibility index (Phi) is 3.75. The molecule has 0 fully saturated rings. The fourth-order valence-electron chi connectivity index (χ4n) is 2.68. The number of hydrogen-bond acceptors (Lipinski definition) is 1. The average molecular weight is 238 g/mol. The lowest BCUT2D eigenvalue weighted by atomic mass is 9.89. The fourth-order valence-corrected chi connectivity index (χ4v) is 2.86. The third-order valence-corrected chi connectivity index (χ3v) is 3.70. The van der Waals surface area contributed by atoms with Crippen molar-refractivity contribution in [1.29, 1.82) is 0 Å². The molecule has 1 aliphatic rings. The van der Waals surface area contributed by atoms with E-state index in [9.17, 15) is 0 Å². The summed E-state index contributed by atoms with van der Waals surface area (Å²) in [6.07, 6.45) is 3.88. The van der Waals surface area contributed by atoms with Crippen LogP contribution in [0, 0.1) is 5.92 Å². The number of halogens is 1. The molecule has 0 saturated carbocycles. The number of fused-ring (bicyclic) bond motifs is 1. The SMILES string of the molecule is CCCC(C)CC1CNc2ccc(Cl)cc21.